The van der Waals surface area contributed by atoms with Gasteiger partial charge in [0.25, 0.3) is 5.91 Å². The zero-order valence-electron chi connectivity index (χ0n) is 13.5. The Hall–Kier alpha value is -2.41. The van der Waals surface area contributed by atoms with Crippen LogP contribution in [0.4, 0.5) is 5.69 Å². The van der Waals surface area contributed by atoms with Crippen molar-refractivity contribution < 1.29 is 24.2 Å². The highest BCUT2D eigenvalue weighted by Gasteiger charge is 2.18. The lowest BCUT2D eigenvalue weighted by Gasteiger charge is -2.26. The summed E-state index contributed by atoms with van der Waals surface area (Å²) in [6, 6.07) is 6.78. The molecule has 0 radical (unpaired) electrons. The Bertz CT molecular complexity index is 579. The Kier molecular flexibility index (Phi) is 6.74. The molecular weight excluding hydrogens is 312 g/mol. The summed E-state index contributed by atoms with van der Waals surface area (Å²) in [7, 11) is 0. The normalized spacial score (nSPS) is 14.2. The van der Waals surface area contributed by atoms with Gasteiger partial charge in [0.15, 0.2) is 0 Å². The first kappa shape index (κ1) is 17.9. The first-order valence-corrected chi connectivity index (χ1v) is 8.05. The molecule has 0 saturated carbocycles. The lowest BCUT2D eigenvalue weighted by Crippen LogP contribution is -2.40. The lowest BCUT2D eigenvalue weighted by atomic mass is 10.1. The molecule has 1 aliphatic heterocycles. The van der Waals surface area contributed by atoms with Crippen molar-refractivity contribution in [3.63, 3.8) is 0 Å². The van der Waals surface area contributed by atoms with Crippen molar-refractivity contribution >= 4 is 23.5 Å². The number of rotatable bonds is 7. The number of aliphatic carboxylic acids is 1. The fraction of sp³-hybridized carbons (Fsp3) is 0.471. The van der Waals surface area contributed by atoms with Crippen LogP contribution in [-0.4, -0.2) is 54.1 Å². The molecule has 0 aromatic heterocycles. The number of unbranched alkanes of at least 4 members (excludes halogenated alkanes) is 1. The van der Waals surface area contributed by atoms with E-state index in [1.165, 1.54) is 0 Å². The summed E-state index contributed by atoms with van der Waals surface area (Å²) in [4.78, 5) is 36.2. The van der Waals surface area contributed by atoms with Gasteiger partial charge in [-0.15, -0.1) is 0 Å². The van der Waals surface area contributed by atoms with Crippen molar-refractivity contribution in [3.05, 3.63) is 29.8 Å². The molecule has 7 nitrogen and oxygen atoms in total. The Balaban J connectivity index is 1.79. The van der Waals surface area contributed by atoms with Crippen LogP contribution in [0.1, 0.15) is 36.0 Å². The molecule has 2 N–H and O–H groups in total. The van der Waals surface area contributed by atoms with Crippen molar-refractivity contribution in [1.82, 2.24) is 4.90 Å². The van der Waals surface area contributed by atoms with Gasteiger partial charge < -0.3 is 20.1 Å². The number of carboxylic acid groups (broad SMARTS) is 1. The molecule has 1 aromatic rings. The van der Waals surface area contributed by atoms with Crippen LogP contribution in [0.2, 0.25) is 0 Å². The number of hydrogen-bond acceptors (Lipinski definition) is 4. The molecular formula is C17H22N2O5. The van der Waals surface area contributed by atoms with Crippen molar-refractivity contribution in [1.29, 1.82) is 0 Å². The summed E-state index contributed by atoms with van der Waals surface area (Å²) < 4.78 is 5.23. The van der Waals surface area contributed by atoms with Gasteiger partial charge in [-0.05, 0) is 37.1 Å². The minimum absolute atomic E-state index is 0.0372. The maximum atomic E-state index is 12.3. The van der Waals surface area contributed by atoms with E-state index >= 15 is 0 Å². The first-order valence-electron chi connectivity index (χ1n) is 8.05. The van der Waals surface area contributed by atoms with Crippen LogP contribution in [-0.2, 0) is 14.3 Å². The van der Waals surface area contributed by atoms with E-state index in [1.807, 2.05) is 0 Å². The van der Waals surface area contributed by atoms with Crippen LogP contribution in [0.3, 0.4) is 0 Å². The van der Waals surface area contributed by atoms with Gasteiger partial charge in [0, 0.05) is 37.2 Å². The zero-order valence-corrected chi connectivity index (χ0v) is 13.5. The lowest BCUT2D eigenvalue weighted by molar-refractivity contribution is -0.137. The number of morpholine rings is 1. The van der Waals surface area contributed by atoms with Gasteiger partial charge in [0.2, 0.25) is 5.91 Å². The van der Waals surface area contributed by atoms with Crippen molar-refractivity contribution in [2.45, 2.75) is 25.7 Å². The van der Waals surface area contributed by atoms with E-state index in [1.54, 1.807) is 29.2 Å². The minimum atomic E-state index is -0.851. The molecule has 0 unspecified atom stereocenters. The maximum absolute atomic E-state index is 12.3. The predicted molar refractivity (Wildman–Crippen MR) is 87.9 cm³/mol. The standard InChI is InChI=1S/C17H22N2O5/c20-15(3-1-2-4-16(21)22)18-14-7-5-13(6-8-14)17(23)19-9-11-24-12-10-19/h5-8H,1-4,9-12H2,(H,18,20)(H,21,22). The number of anilines is 1. The van der Waals surface area contributed by atoms with E-state index in [0.29, 0.717) is 50.4 Å². The molecule has 130 valence electrons. The van der Waals surface area contributed by atoms with Crippen LogP contribution in [0.15, 0.2) is 24.3 Å². The average molecular weight is 334 g/mol. The summed E-state index contributed by atoms with van der Waals surface area (Å²) in [5, 5.41) is 11.3. The van der Waals surface area contributed by atoms with Crippen molar-refractivity contribution in [3.8, 4) is 0 Å². The molecule has 1 fully saturated rings. The van der Waals surface area contributed by atoms with Gasteiger partial charge in [0.1, 0.15) is 0 Å². The summed E-state index contributed by atoms with van der Waals surface area (Å²) >= 11 is 0. The average Bonchev–Trinajstić information content (AvgIpc) is 2.59. The van der Waals surface area contributed by atoms with Gasteiger partial charge in [-0.2, -0.15) is 0 Å². The highest BCUT2D eigenvalue weighted by atomic mass is 16.5. The smallest absolute Gasteiger partial charge is 0.303 e. The topological polar surface area (TPSA) is 95.9 Å². The molecule has 2 rings (SSSR count). The largest absolute Gasteiger partial charge is 0.481 e. The molecule has 0 bridgehead atoms. The molecule has 2 amide bonds. The Morgan fingerprint density at radius 3 is 2.29 bits per heavy atom. The van der Waals surface area contributed by atoms with Crippen LogP contribution in [0.25, 0.3) is 0 Å². The monoisotopic (exact) mass is 334 g/mol. The summed E-state index contributed by atoms with van der Waals surface area (Å²) in [5.41, 5.74) is 1.20. The predicted octanol–water partition coefficient (Wildman–Crippen LogP) is 1.74. The summed E-state index contributed by atoms with van der Waals surface area (Å²) in [6.45, 7) is 2.30. The number of nitrogens with zero attached hydrogens (tertiary/aromatic N) is 1. The first-order chi connectivity index (χ1) is 11.6. The molecule has 1 saturated heterocycles. The number of carboxylic acids is 1. The highest BCUT2D eigenvalue weighted by molar-refractivity contribution is 5.95. The Morgan fingerprint density at radius 1 is 1.04 bits per heavy atom. The van der Waals surface area contributed by atoms with Crippen molar-refractivity contribution in [2.75, 3.05) is 31.6 Å². The van der Waals surface area contributed by atoms with Gasteiger partial charge in [0.05, 0.1) is 13.2 Å². The third kappa shape index (κ3) is 5.66. The van der Waals surface area contributed by atoms with E-state index in [2.05, 4.69) is 5.32 Å². The van der Waals surface area contributed by atoms with Gasteiger partial charge >= 0.3 is 5.97 Å². The second-order valence-corrected chi connectivity index (χ2v) is 5.63. The highest BCUT2D eigenvalue weighted by Crippen LogP contribution is 2.13. The van der Waals surface area contributed by atoms with Crippen LogP contribution in [0, 0.1) is 0 Å². The van der Waals surface area contributed by atoms with E-state index in [4.69, 9.17) is 9.84 Å². The molecule has 1 aliphatic rings. The van der Waals surface area contributed by atoms with Gasteiger partial charge in [-0.25, -0.2) is 0 Å². The number of amides is 2. The molecule has 1 heterocycles. The third-order valence-corrected chi connectivity index (χ3v) is 3.76. The van der Waals surface area contributed by atoms with E-state index in [9.17, 15) is 14.4 Å². The molecule has 0 aliphatic carbocycles. The molecule has 0 spiro atoms. The van der Waals surface area contributed by atoms with Gasteiger partial charge in [-0.1, -0.05) is 0 Å². The van der Waals surface area contributed by atoms with Crippen molar-refractivity contribution in [2.24, 2.45) is 0 Å². The number of benzene rings is 1. The fourth-order valence-corrected chi connectivity index (χ4v) is 2.43. The Labute approximate surface area is 140 Å². The Morgan fingerprint density at radius 2 is 1.67 bits per heavy atom. The van der Waals surface area contributed by atoms with E-state index in [-0.39, 0.29) is 24.7 Å². The number of hydrogen-bond donors (Lipinski definition) is 2. The summed E-state index contributed by atoms with van der Waals surface area (Å²) in [6.07, 6.45) is 1.37. The fourth-order valence-electron chi connectivity index (χ4n) is 2.43. The van der Waals surface area contributed by atoms with Crippen LogP contribution >= 0.6 is 0 Å². The SMILES string of the molecule is O=C(O)CCCCC(=O)Nc1ccc(C(=O)N2CCOCC2)cc1. The number of carbonyl (C=O) groups is 3. The molecule has 24 heavy (non-hydrogen) atoms. The zero-order chi connectivity index (χ0) is 17.4. The second-order valence-electron chi connectivity index (χ2n) is 5.63. The van der Waals surface area contributed by atoms with E-state index < -0.39 is 5.97 Å². The molecule has 1 aromatic carbocycles. The number of nitrogens with one attached hydrogen (secondary N) is 1. The summed E-state index contributed by atoms with van der Waals surface area (Å²) in [5.74, 6) is -1.05. The molecule has 0 atom stereocenters. The maximum Gasteiger partial charge on any atom is 0.303 e. The van der Waals surface area contributed by atoms with E-state index in [0.717, 1.165) is 0 Å². The third-order valence-electron chi connectivity index (χ3n) is 3.76. The number of carbonyl (C=O) groups excluding carboxylic acids is 2. The quantitative estimate of drug-likeness (QED) is 0.741. The van der Waals surface area contributed by atoms with Crippen LogP contribution in [0.5, 0.6) is 0 Å². The minimum Gasteiger partial charge on any atom is -0.481 e. The van der Waals surface area contributed by atoms with Gasteiger partial charge in [-0.3, -0.25) is 14.4 Å². The molecule has 7 heteroatoms. The second kappa shape index (κ2) is 9.02. The van der Waals surface area contributed by atoms with Crippen LogP contribution < -0.4 is 5.32 Å². The number of ether oxygens (including phenoxy) is 1.